The number of halogens is 2. The van der Waals surface area contributed by atoms with E-state index in [1.165, 1.54) is 12.1 Å². The summed E-state index contributed by atoms with van der Waals surface area (Å²) in [6, 6.07) is 11.5. The van der Waals surface area contributed by atoms with Gasteiger partial charge in [-0.3, -0.25) is 0 Å². The van der Waals surface area contributed by atoms with Crippen LogP contribution in [-0.2, 0) is 16.1 Å². The van der Waals surface area contributed by atoms with Crippen LogP contribution in [0.5, 0.6) is 5.75 Å². The molecule has 0 aliphatic rings. The van der Waals surface area contributed by atoms with E-state index >= 15 is 0 Å². The third-order valence-corrected chi connectivity index (χ3v) is 4.49. The van der Waals surface area contributed by atoms with Crippen LogP contribution in [0.2, 0.25) is 10.0 Å². The van der Waals surface area contributed by atoms with Crippen molar-refractivity contribution < 1.29 is 18.7 Å². The lowest BCUT2D eigenvalue weighted by atomic mass is 10.1. The number of rotatable bonds is 6. The zero-order valence-electron chi connectivity index (χ0n) is 15.2. The molecule has 0 aliphatic heterocycles. The fourth-order valence-corrected chi connectivity index (χ4v) is 3.01. The fourth-order valence-electron chi connectivity index (χ4n) is 2.55. The summed E-state index contributed by atoms with van der Waals surface area (Å²) < 4.78 is 15.8. The molecule has 0 aliphatic carbocycles. The van der Waals surface area contributed by atoms with Gasteiger partial charge in [0, 0.05) is 47.9 Å². The van der Waals surface area contributed by atoms with Crippen molar-refractivity contribution in [3.8, 4) is 5.75 Å². The van der Waals surface area contributed by atoms with Crippen LogP contribution in [0.4, 0.5) is 5.69 Å². The summed E-state index contributed by atoms with van der Waals surface area (Å²) in [5.74, 6) is -0.276. The quantitative estimate of drug-likeness (QED) is 0.436. The number of anilines is 1. The normalized spacial score (nSPS) is 10.7. The Morgan fingerprint density at radius 3 is 2.61 bits per heavy atom. The van der Waals surface area contributed by atoms with Crippen molar-refractivity contribution in [3.63, 3.8) is 0 Å². The highest BCUT2D eigenvalue weighted by atomic mass is 35.5. The van der Waals surface area contributed by atoms with Crippen LogP contribution in [0.1, 0.15) is 5.56 Å². The monoisotopic (exact) mass is 421 g/mol. The molecule has 0 fully saturated rings. The number of hydrogen-bond acceptors (Lipinski definition) is 6. The topological polar surface area (TPSA) is 69.0 Å². The highest BCUT2D eigenvalue weighted by molar-refractivity contribution is 6.35. The number of esters is 1. The SMILES string of the molecule is CN(C)c1ccc2c(COC(=O)COc3ccc(Cl)cc3Cl)cc(=O)oc2c1. The maximum atomic E-state index is 12.0. The maximum absolute atomic E-state index is 12.0. The van der Waals surface area contributed by atoms with E-state index in [9.17, 15) is 9.59 Å². The lowest BCUT2D eigenvalue weighted by Crippen LogP contribution is -2.15. The van der Waals surface area contributed by atoms with Crippen molar-refractivity contribution in [2.24, 2.45) is 0 Å². The number of hydrogen-bond donors (Lipinski definition) is 0. The zero-order chi connectivity index (χ0) is 20.3. The number of benzene rings is 2. The first-order chi connectivity index (χ1) is 13.3. The fraction of sp³-hybridized carbons (Fsp3) is 0.200. The maximum Gasteiger partial charge on any atom is 0.344 e. The number of ether oxygens (including phenoxy) is 2. The van der Waals surface area contributed by atoms with Gasteiger partial charge >= 0.3 is 11.6 Å². The third kappa shape index (κ3) is 4.77. The van der Waals surface area contributed by atoms with Gasteiger partial charge in [-0.1, -0.05) is 23.2 Å². The van der Waals surface area contributed by atoms with Crippen LogP contribution in [0.15, 0.2) is 51.7 Å². The molecule has 0 N–H and O–H groups in total. The number of carbonyl (C=O) groups is 1. The second-order valence-electron chi connectivity index (χ2n) is 6.19. The average molecular weight is 422 g/mol. The van der Waals surface area contributed by atoms with E-state index in [0.29, 0.717) is 32.3 Å². The Kier molecular flexibility index (Phi) is 6.11. The van der Waals surface area contributed by atoms with Gasteiger partial charge in [0.25, 0.3) is 0 Å². The standard InChI is InChI=1S/C20H17Cl2NO5/c1-23(2)14-4-5-15-12(7-19(24)28-18(15)9-14)10-27-20(25)11-26-17-6-3-13(21)8-16(17)22/h3-9H,10-11H2,1-2H3. The molecule has 0 spiro atoms. The Balaban J connectivity index is 1.69. The summed E-state index contributed by atoms with van der Waals surface area (Å²) in [5.41, 5.74) is 1.35. The van der Waals surface area contributed by atoms with Gasteiger partial charge in [0.15, 0.2) is 6.61 Å². The molecule has 0 atom stereocenters. The van der Waals surface area contributed by atoms with Crippen molar-refractivity contribution in [2.75, 3.05) is 25.6 Å². The largest absolute Gasteiger partial charge is 0.480 e. The lowest BCUT2D eigenvalue weighted by Gasteiger charge is -2.13. The predicted octanol–water partition coefficient (Wildman–Crippen LogP) is 4.29. The van der Waals surface area contributed by atoms with Gasteiger partial charge in [-0.05, 0) is 30.3 Å². The van der Waals surface area contributed by atoms with Crippen LogP contribution in [-0.4, -0.2) is 26.7 Å². The molecule has 3 rings (SSSR count). The van der Waals surface area contributed by atoms with E-state index in [0.717, 1.165) is 5.69 Å². The molecule has 1 heterocycles. The van der Waals surface area contributed by atoms with E-state index in [4.69, 9.17) is 37.1 Å². The summed E-state index contributed by atoms with van der Waals surface area (Å²) in [4.78, 5) is 25.7. The van der Waals surface area contributed by atoms with Gasteiger partial charge in [0.1, 0.15) is 17.9 Å². The van der Waals surface area contributed by atoms with Gasteiger partial charge in [0.2, 0.25) is 0 Å². The summed E-state index contributed by atoms with van der Waals surface area (Å²) in [7, 11) is 3.77. The smallest absolute Gasteiger partial charge is 0.344 e. The molecule has 28 heavy (non-hydrogen) atoms. The Labute approximate surface area is 171 Å². The Bertz CT molecular complexity index is 1080. The van der Waals surface area contributed by atoms with Crippen LogP contribution in [0, 0.1) is 0 Å². The highest BCUT2D eigenvalue weighted by Crippen LogP contribution is 2.27. The molecule has 6 nitrogen and oxygen atoms in total. The minimum absolute atomic E-state index is 0.0834. The molecule has 0 amide bonds. The number of fused-ring (bicyclic) bond motifs is 1. The molecule has 2 aromatic carbocycles. The minimum atomic E-state index is -0.600. The first kappa shape index (κ1) is 20.0. The summed E-state index contributed by atoms with van der Waals surface area (Å²) in [6.07, 6.45) is 0. The summed E-state index contributed by atoms with van der Waals surface area (Å²) in [6.45, 7) is -0.411. The van der Waals surface area contributed by atoms with Gasteiger partial charge in [-0.15, -0.1) is 0 Å². The van der Waals surface area contributed by atoms with Crippen molar-refractivity contribution in [1.29, 1.82) is 0 Å². The van der Waals surface area contributed by atoms with Crippen molar-refractivity contribution >= 4 is 45.8 Å². The van der Waals surface area contributed by atoms with E-state index < -0.39 is 11.6 Å². The molecular weight excluding hydrogens is 405 g/mol. The van der Waals surface area contributed by atoms with Crippen molar-refractivity contribution in [1.82, 2.24) is 0 Å². The first-order valence-corrected chi connectivity index (χ1v) is 9.06. The van der Waals surface area contributed by atoms with Gasteiger partial charge in [-0.25, -0.2) is 9.59 Å². The molecule has 3 aromatic rings. The van der Waals surface area contributed by atoms with Crippen LogP contribution >= 0.6 is 23.2 Å². The predicted molar refractivity (Wildman–Crippen MR) is 109 cm³/mol. The third-order valence-electron chi connectivity index (χ3n) is 3.96. The van der Waals surface area contributed by atoms with Crippen LogP contribution in [0.3, 0.4) is 0 Å². The molecule has 0 saturated carbocycles. The second-order valence-corrected chi connectivity index (χ2v) is 7.03. The van der Waals surface area contributed by atoms with Gasteiger partial charge in [-0.2, -0.15) is 0 Å². The van der Waals surface area contributed by atoms with Gasteiger partial charge in [0.05, 0.1) is 5.02 Å². The molecule has 1 aromatic heterocycles. The zero-order valence-corrected chi connectivity index (χ0v) is 16.7. The van der Waals surface area contributed by atoms with E-state index in [1.807, 2.05) is 31.1 Å². The van der Waals surface area contributed by atoms with Crippen molar-refractivity contribution in [3.05, 3.63) is 68.5 Å². The molecule has 0 radical (unpaired) electrons. The van der Waals surface area contributed by atoms with Crippen molar-refractivity contribution in [2.45, 2.75) is 6.61 Å². The molecule has 0 unspecified atom stereocenters. The Morgan fingerprint density at radius 2 is 1.89 bits per heavy atom. The molecule has 0 bridgehead atoms. The number of carbonyl (C=O) groups excluding carboxylic acids is 1. The number of nitrogens with zero attached hydrogens (tertiary/aromatic N) is 1. The second kappa shape index (κ2) is 8.54. The Morgan fingerprint density at radius 1 is 1.11 bits per heavy atom. The molecule has 0 saturated heterocycles. The average Bonchev–Trinajstić information content (AvgIpc) is 2.64. The first-order valence-electron chi connectivity index (χ1n) is 8.31. The minimum Gasteiger partial charge on any atom is -0.480 e. The van der Waals surface area contributed by atoms with Crippen LogP contribution < -0.4 is 15.3 Å². The van der Waals surface area contributed by atoms with E-state index in [-0.39, 0.29) is 13.2 Å². The Hall–Kier alpha value is -2.70. The highest BCUT2D eigenvalue weighted by Gasteiger charge is 2.12. The van der Waals surface area contributed by atoms with E-state index in [1.54, 1.807) is 18.2 Å². The van der Waals surface area contributed by atoms with Crippen LogP contribution in [0.25, 0.3) is 11.0 Å². The lowest BCUT2D eigenvalue weighted by molar-refractivity contribution is -0.147. The van der Waals surface area contributed by atoms with Gasteiger partial charge < -0.3 is 18.8 Å². The summed E-state index contributed by atoms with van der Waals surface area (Å²) >= 11 is 11.8. The summed E-state index contributed by atoms with van der Waals surface area (Å²) in [5, 5.41) is 1.45. The van der Waals surface area contributed by atoms with E-state index in [2.05, 4.69) is 0 Å². The molecule has 146 valence electrons. The molecular formula is C20H17Cl2NO5. The molecule has 8 heteroatoms.